The lowest BCUT2D eigenvalue weighted by molar-refractivity contribution is -0.152. The summed E-state index contributed by atoms with van der Waals surface area (Å²) in [4.78, 5) is 30.3. The topological polar surface area (TPSA) is 65.2 Å². The van der Waals surface area contributed by atoms with Crippen molar-refractivity contribution in [3.05, 3.63) is 35.5 Å². The second-order valence-corrected chi connectivity index (χ2v) is 6.54. The van der Waals surface area contributed by atoms with Crippen molar-refractivity contribution in [3.63, 3.8) is 0 Å². The van der Waals surface area contributed by atoms with Gasteiger partial charge in [-0.05, 0) is 17.5 Å². The fraction of sp³-hybridized carbons (Fsp3) is 0.412. The molecule has 0 unspecified atom stereocenters. The number of carbonyl (C=O) groups is 2. The molecule has 3 heterocycles. The Kier molecular flexibility index (Phi) is 2.79. The van der Waals surface area contributed by atoms with E-state index in [4.69, 9.17) is 0 Å². The van der Waals surface area contributed by atoms with E-state index in [1.807, 2.05) is 32.0 Å². The molecule has 2 amide bonds. The summed E-state index contributed by atoms with van der Waals surface area (Å²) in [7, 11) is 0. The zero-order valence-corrected chi connectivity index (χ0v) is 12.7. The van der Waals surface area contributed by atoms with Crippen LogP contribution in [0.2, 0.25) is 0 Å². The molecule has 0 spiro atoms. The third kappa shape index (κ3) is 1.78. The number of rotatable bonds is 1. The SMILES string of the molecule is CC(C)[C@@H]1NC(=O)[C@@H]2Cc3c([nH]c4ccccc34)CN2C1=O. The van der Waals surface area contributed by atoms with Crippen molar-refractivity contribution in [3.8, 4) is 0 Å². The zero-order chi connectivity index (χ0) is 15.4. The molecule has 0 aliphatic carbocycles. The number of nitrogens with one attached hydrogen (secondary N) is 2. The molecule has 22 heavy (non-hydrogen) atoms. The Bertz CT molecular complexity index is 777. The number of aromatic nitrogens is 1. The highest BCUT2D eigenvalue weighted by molar-refractivity contribution is 5.98. The molecular weight excluding hydrogens is 278 g/mol. The van der Waals surface area contributed by atoms with E-state index >= 15 is 0 Å². The van der Waals surface area contributed by atoms with E-state index in [-0.39, 0.29) is 23.8 Å². The summed E-state index contributed by atoms with van der Waals surface area (Å²) in [5, 5.41) is 4.05. The standard InChI is InChI=1S/C17H19N3O2/c1-9(2)15-17(22)20-8-13-11(7-14(20)16(21)19-15)10-5-3-4-6-12(10)18-13/h3-6,9,14-15,18H,7-8H2,1-2H3,(H,19,21)/t14-,15-/m0/s1. The van der Waals surface area contributed by atoms with Gasteiger partial charge in [-0.3, -0.25) is 9.59 Å². The molecule has 5 heteroatoms. The summed E-state index contributed by atoms with van der Waals surface area (Å²) in [6.07, 6.45) is 0.585. The number of fused-ring (bicyclic) bond motifs is 4. The van der Waals surface area contributed by atoms with Crippen LogP contribution in [0.1, 0.15) is 25.1 Å². The Morgan fingerprint density at radius 1 is 1.23 bits per heavy atom. The molecule has 0 saturated carbocycles. The second-order valence-electron chi connectivity index (χ2n) is 6.54. The maximum absolute atomic E-state index is 12.7. The van der Waals surface area contributed by atoms with E-state index in [1.165, 1.54) is 5.56 Å². The number of H-pyrrole nitrogens is 1. The van der Waals surface area contributed by atoms with Gasteiger partial charge in [0.2, 0.25) is 11.8 Å². The number of hydrogen-bond donors (Lipinski definition) is 2. The molecular formula is C17H19N3O2. The summed E-state index contributed by atoms with van der Waals surface area (Å²) < 4.78 is 0. The quantitative estimate of drug-likeness (QED) is 0.839. The van der Waals surface area contributed by atoms with Crippen molar-refractivity contribution in [1.82, 2.24) is 15.2 Å². The van der Waals surface area contributed by atoms with E-state index in [1.54, 1.807) is 4.90 Å². The number of piperazine rings is 1. The van der Waals surface area contributed by atoms with Gasteiger partial charge in [0.15, 0.2) is 0 Å². The maximum Gasteiger partial charge on any atom is 0.246 e. The monoisotopic (exact) mass is 297 g/mol. The highest BCUT2D eigenvalue weighted by Crippen LogP contribution is 2.32. The fourth-order valence-corrected chi connectivity index (χ4v) is 3.62. The molecule has 2 aliphatic rings. The summed E-state index contributed by atoms with van der Waals surface area (Å²) in [6, 6.07) is 7.31. The first-order chi connectivity index (χ1) is 10.6. The van der Waals surface area contributed by atoms with E-state index in [0.717, 1.165) is 16.6 Å². The Balaban J connectivity index is 1.77. The van der Waals surface area contributed by atoms with Gasteiger partial charge >= 0.3 is 0 Å². The van der Waals surface area contributed by atoms with Gasteiger partial charge in [0.05, 0.1) is 6.54 Å². The molecule has 1 fully saturated rings. The lowest BCUT2D eigenvalue weighted by Gasteiger charge is -2.42. The number of carbonyl (C=O) groups excluding carboxylic acids is 2. The normalized spacial score (nSPS) is 24.4. The molecule has 5 nitrogen and oxygen atoms in total. The van der Waals surface area contributed by atoms with E-state index < -0.39 is 6.04 Å². The first kappa shape index (κ1) is 13.4. The molecule has 2 aromatic rings. The first-order valence-corrected chi connectivity index (χ1v) is 7.75. The smallest absolute Gasteiger partial charge is 0.246 e. The van der Waals surface area contributed by atoms with Gasteiger partial charge in [-0.2, -0.15) is 0 Å². The van der Waals surface area contributed by atoms with Crippen LogP contribution in [-0.4, -0.2) is 33.8 Å². The number of nitrogens with zero attached hydrogens (tertiary/aromatic N) is 1. The molecule has 2 N–H and O–H groups in total. The molecule has 4 rings (SSSR count). The van der Waals surface area contributed by atoms with Gasteiger partial charge in [0, 0.05) is 23.0 Å². The van der Waals surface area contributed by atoms with Crippen LogP contribution in [0.5, 0.6) is 0 Å². The highest BCUT2D eigenvalue weighted by atomic mass is 16.2. The van der Waals surface area contributed by atoms with E-state index in [9.17, 15) is 9.59 Å². The van der Waals surface area contributed by atoms with Crippen molar-refractivity contribution in [2.24, 2.45) is 5.92 Å². The molecule has 0 bridgehead atoms. The maximum atomic E-state index is 12.7. The lowest BCUT2D eigenvalue weighted by atomic mass is 9.90. The molecule has 1 aromatic heterocycles. The Morgan fingerprint density at radius 2 is 2.00 bits per heavy atom. The summed E-state index contributed by atoms with van der Waals surface area (Å²) >= 11 is 0. The van der Waals surface area contributed by atoms with Crippen LogP contribution in [0.4, 0.5) is 0 Å². The van der Waals surface area contributed by atoms with Crippen molar-refractivity contribution in [1.29, 1.82) is 0 Å². The van der Waals surface area contributed by atoms with Crippen LogP contribution < -0.4 is 5.32 Å². The number of amides is 2. The van der Waals surface area contributed by atoms with E-state index in [0.29, 0.717) is 13.0 Å². The lowest BCUT2D eigenvalue weighted by Crippen LogP contribution is -2.65. The minimum Gasteiger partial charge on any atom is -0.357 e. The van der Waals surface area contributed by atoms with Gasteiger partial charge in [-0.25, -0.2) is 0 Å². The Morgan fingerprint density at radius 3 is 2.77 bits per heavy atom. The van der Waals surface area contributed by atoms with Crippen molar-refractivity contribution >= 4 is 22.7 Å². The van der Waals surface area contributed by atoms with Crippen LogP contribution in [0.25, 0.3) is 10.9 Å². The van der Waals surface area contributed by atoms with Crippen molar-refractivity contribution in [2.75, 3.05) is 0 Å². The molecule has 2 atom stereocenters. The largest absolute Gasteiger partial charge is 0.357 e. The average Bonchev–Trinajstić information content (AvgIpc) is 2.87. The van der Waals surface area contributed by atoms with Gasteiger partial charge in [0.25, 0.3) is 0 Å². The predicted molar refractivity (Wildman–Crippen MR) is 83.1 cm³/mol. The van der Waals surface area contributed by atoms with E-state index in [2.05, 4.69) is 16.4 Å². The van der Waals surface area contributed by atoms with Crippen LogP contribution in [0, 0.1) is 5.92 Å². The zero-order valence-electron chi connectivity index (χ0n) is 12.7. The summed E-state index contributed by atoms with van der Waals surface area (Å²) in [5.41, 5.74) is 3.30. The molecule has 0 radical (unpaired) electrons. The van der Waals surface area contributed by atoms with Crippen LogP contribution in [0.15, 0.2) is 24.3 Å². The summed E-state index contributed by atoms with van der Waals surface area (Å²) in [5.74, 6) is 0.0969. The molecule has 114 valence electrons. The van der Waals surface area contributed by atoms with Gasteiger partial charge in [-0.1, -0.05) is 32.0 Å². The van der Waals surface area contributed by atoms with Crippen molar-refractivity contribution in [2.45, 2.75) is 38.9 Å². The predicted octanol–water partition coefficient (Wildman–Crippen LogP) is 1.58. The number of aromatic amines is 1. The molecule has 1 aromatic carbocycles. The second kappa shape index (κ2) is 4.60. The Hall–Kier alpha value is -2.30. The van der Waals surface area contributed by atoms with Gasteiger partial charge in [0.1, 0.15) is 12.1 Å². The number of hydrogen-bond acceptors (Lipinski definition) is 2. The van der Waals surface area contributed by atoms with Crippen LogP contribution in [-0.2, 0) is 22.6 Å². The van der Waals surface area contributed by atoms with Crippen molar-refractivity contribution < 1.29 is 9.59 Å². The first-order valence-electron chi connectivity index (χ1n) is 7.75. The minimum absolute atomic E-state index is 0.0314. The third-order valence-corrected chi connectivity index (χ3v) is 4.82. The fourth-order valence-electron chi connectivity index (χ4n) is 3.62. The number of para-hydroxylation sites is 1. The summed E-state index contributed by atoms with van der Waals surface area (Å²) in [6.45, 7) is 4.41. The van der Waals surface area contributed by atoms with Gasteiger partial charge in [-0.15, -0.1) is 0 Å². The third-order valence-electron chi connectivity index (χ3n) is 4.82. The minimum atomic E-state index is -0.408. The average molecular weight is 297 g/mol. The van der Waals surface area contributed by atoms with Crippen LogP contribution in [0.3, 0.4) is 0 Å². The Labute approximate surface area is 128 Å². The molecule has 2 aliphatic heterocycles. The van der Waals surface area contributed by atoms with Crippen LogP contribution >= 0.6 is 0 Å². The molecule has 1 saturated heterocycles. The number of benzene rings is 1. The van der Waals surface area contributed by atoms with Gasteiger partial charge < -0.3 is 15.2 Å². The highest BCUT2D eigenvalue weighted by Gasteiger charge is 2.44.